The molecule has 0 fully saturated rings. The van der Waals surface area contributed by atoms with Crippen molar-refractivity contribution in [2.45, 2.75) is 13.1 Å². The number of aromatic nitrogens is 4. The molecule has 0 bridgehead atoms. The Balaban J connectivity index is 1.63. The van der Waals surface area contributed by atoms with Gasteiger partial charge in [0.1, 0.15) is 0 Å². The Labute approximate surface area is 166 Å². The van der Waals surface area contributed by atoms with Crippen LogP contribution in [0.4, 0.5) is 5.82 Å². The number of nitrogens with zero attached hydrogens (tertiary/aromatic N) is 4. The van der Waals surface area contributed by atoms with E-state index in [0.29, 0.717) is 41.4 Å². The summed E-state index contributed by atoms with van der Waals surface area (Å²) in [5, 5.41) is 13.6. The number of para-hydroxylation sites is 1. The van der Waals surface area contributed by atoms with Crippen molar-refractivity contribution in [1.82, 2.24) is 19.5 Å². The fraction of sp³-hybridized carbons (Fsp3) is 0.150. The van der Waals surface area contributed by atoms with Crippen LogP contribution >= 0.6 is 11.6 Å². The number of fused-ring (bicyclic) bond motifs is 1. The number of anilines is 1. The molecule has 0 amide bonds. The predicted octanol–water partition coefficient (Wildman–Crippen LogP) is 3.85. The number of rotatable bonds is 6. The summed E-state index contributed by atoms with van der Waals surface area (Å²) < 4.78 is 7.07. The fourth-order valence-corrected chi connectivity index (χ4v) is 3.16. The van der Waals surface area contributed by atoms with Crippen LogP contribution in [0.5, 0.6) is 11.5 Å². The van der Waals surface area contributed by atoms with Crippen molar-refractivity contribution >= 4 is 28.6 Å². The Kier molecular flexibility index (Phi) is 4.99. The topological polar surface area (TPSA) is 85.1 Å². The highest BCUT2D eigenvalue weighted by Gasteiger charge is 2.14. The monoisotopic (exact) mass is 395 g/mol. The number of methoxy groups -OCH3 is 1. The lowest BCUT2D eigenvalue weighted by Gasteiger charge is -2.11. The molecule has 0 aliphatic heterocycles. The van der Waals surface area contributed by atoms with Crippen LogP contribution in [0.1, 0.15) is 11.1 Å². The van der Waals surface area contributed by atoms with E-state index in [4.69, 9.17) is 16.3 Å². The third-order valence-electron chi connectivity index (χ3n) is 4.38. The molecule has 2 heterocycles. The minimum atomic E-state index is 0.0866. The van der Waals surface area contributed by atoms with E-state index in [9.17, 15) is 5.11 Å². The van der Waals surface area contributed by atoms with Crippen molar-refractivity contribution in [1.29, 1.82) is 0 Å². The Bertz CT molecular complexity index is 1110. The number of imidazole rings is 1. The van der Waals surface area contributed by atoms with Gasteiger partial charge in [0, 0.05) is 12.1 Å². The quantitative estimate of drug-likeness (QED) is 0.482. The second-order valence-electron chi connectivity index (χ2n) is 6.19. The molecule has 0 saturated carbocycles. The third kappa shape index (κ3) is 3.57. The van der Waals surface area contributed by atoms with Crippen molar-refractivity contribution in [3.8, 4) is 11.5 Å². The second kappa shape index (κ2) is 7.74. The molecule has 0 aliphatic carbocycles. The Morgan fingerprint density at radius 2 is 1.93 bits per heavy atom. The van der Waals surface area contributed by atoms with Crippen LogP contribution in [-0.4, -0.2) is 31.7 Å². The normalized spacial score (nSPS) is 10.9. The van der Waals surface area contributed by atoms with Gasteiger partial charge < -0.3 is 19.7 Å². The van der Waals surface area contributed by atoms with Crippen molar-refractivity contribution in [2.24, 2.45) is 0 Å². The smallest absolute Gasteiger partial charge is 0.226 e. The summed E-state index contributed by atoms with van der Waals surface area (Å²) in [5.41, 5.74) is 3.06. The summed E-state index contributed by atoms with van der Waals surface area (Å²) in [6.07, 6.45) is 1.72. The number of halogens is 1. The standard InChI is InChI=1S/C20H18ClN5O2/c1-28-15-9-5-8-14(17(15)27)10-22-18-16-19(25-20(21)24-18)26(12-23-16)11-13-6-3-2-4-7-13/h2-9,12,27H,10-11H2,1H3,(H,22,24,25). The number of hydrogen-bond acceptors (Lipinski definition) is 6. The van der Waals surface area contributed by atoms with Crippen LogP contribution < -0.4 is 10.1 Å². The molecule has 2 aromatic carbocycles. The van der Waals surface area contributed by atoms with E-state index in [-0.39, 0.29) is 11.0 Å². The predicted molar refractivity (Wildman–Crippen MR) is 108 cm³/mol. The summed E-state index contributed by atoms with van der Waals surface area (Å²) in [4.78, 5) is 13.1. The van der Waals surface area contributed by atoms with Gasteiger partial charge >= 0.3 is 0 Å². The third-order valence-corrected chi connectivity index (χ3v) is 4.55. The van der Waals surface area contributed by atoms with Crippen LogP contribution in [0.2, 0.25) is 5.28 Å². The zero-order chi connectivity index (χ0) is 19.5. The van der Waals surface area contributed by atoms with E-state index in [2.05, 4.69) is 20.3 Å². The number of phenolic OH excluding ortho intramolecular Hbond substituents is 1. The van der Waals surface area contributed by atoms with Gasteiger partial charge in [-0.15, -0.1) is 0 Å². The largest absolute Gasteiger partial charge is 0.504 e. The highest BCUT2D eigenvalue weighted by molar-refractivity contribution is 6.28. The lowest BCUT2D eigenvalue weighted by Crippen LogP contribution is -2.05. The molecule has 2 aromatic heterocycles. The molecule has 0 aliphatic rings. The van der Waals surface area contributed by atoms with Crippen LogP contribution in [0.15, 0.2) is 54.9 Å². The van der Waals surface area contributed by atoms with Crippen molar-refractivity contribution in [2.75, 3.05) is 12.4 Å². The summed E-state index contributed by atoms with van der Waals surface area (Å²) in [5.74, 6) is 1.00. The van der Waals surface area contributed by atoms with Crippen molar-refractivity contribution in [3.05, 3.63) is 71.3 Å². The molecule has 28 heavy (non-hydrogen) atoms. The van der Waals surface area contributed by atoms with Gasteiger partial charge in [-0.1, -0.05) is 42.5 Å². The number of benzene rings is 2. The molecule has 0 radical (unpaired) electrons. The van der Waals surface area contributed by atoms with E-state index in [1.165, 1.54) is 7.11 Å². The minimum absolute atomic E-state index is 0.0866. The number of ether oxygens (including phenoxy) is 1. The fourth-order valence-electron chi connectivity index (χ4n) is 2.99. The van der Waals surface area contributed by atoms with Gasteiger partial charge in [-0.05, 0) is 23.2 Å². The van der Waals surface area contributed by atoms with Crippen molar-refractivity contribution < 1.29 is 9.84 Å². The van der Waals surface area contributed by atoms with Gasteiger partial charge in [0.05, 0.1) is 20.0 Å². The van der Waals surface area contributed by atoms with Gasteiger partial charge in [-0.3, -0.25) is 0 Å². The molecule has 0 spiro atoms. The Hall–Kier alpha value is -3.32. The van der Waals surface area contributed by atoms with Crippen LogP contribution in [0.3, 0.4) is 0 Å². The summed E-state index contributed by atoms with van der Waals surface area (Å²) in [7, 11) is 1.51. The maximum Gasteiger partial charge on any atom is 0.226 e. The molecule has 0 saturated heterocycles. The maximum absolute atomic E-state index is 10.3. The first-order valence-corrected chi connectivity index (χ1v) is 9.04. The molecule has 4 aromatic rings. The minimum Gasteiger partial charge on any atom is -0.504 e. The van der Waals surface area contributed by atoms with E-state index >= 15 is 0 Å². The average molecular weight is 396 g/mol. The first kappa shape index (κ1) is 18.1. The van der Waals surface area contributed by atoms with Crippen LogP contribution in [0.25, 0.3) is 11.2 Å². The summed E-state index contributed by atoms with van der Waals surface area (Å²) in [6, 6.07) is 15.4. The van der Waals surface area contributed by atoms with E-state index < -0.39 is 0 Å². The van der Waals surface area contributed by atoms with Gasteiger partial charge in [0.15, 0.2) is 28.5 Å². The number of aromatic hydroxyl groups is 1. The zero-order valence-electron chi connectivity index (χ0n) is 15.1. The second-order valence-corrected chi connectivity index (χ2v) is 6.53. The first-order valence-electron chi connectivity index (χ1n) is 8.66. The molecule has 7 nitrogen and oxygen atoms in total. The highest BCUT2D eigenvalue weighted by Crippen LogP contribution is 2.30. The Morgan fingerprint density at radius 3 is 2.71 bits per heavy atom. The molecule has 4 rings (SSSR count). The summed E-state index contributed by atoms with van der Waals surface area (Å²) in [6.45, 7) is 0.956. The summed E-state index contributed by atoms with van der Waals surface area (Å²) >= 11 is 6.14. The molecular weight excluding hydrogens is 378 g/mol. The van der Waals surface area contributed by atoms with Crippen LogP contribution in [-0.2, 0) is 13.1 Å². The molecule has 142 valence electrons. The first-order chi connectivity index (χ1) is 13.7. The van der Waals surface area contributed by atoms with Crippen molar-refractivity contribution in [3.63, 3.8) is 0 Å². The van der Waals surface area contributed by atoms with Gasteiger partial charge in [0.25, 0.3) is 0 Å². The lowest BCUT2D eigenvalue weighted by molar-refractivity contribution is 0.371. The average Bonchev–Trinajstić information content (AvgIpc) is 3.10. The van der Waals surface area contributed by atoms with E-state index in [1.54, 1.807) is 18.5 Å². The maximum atomic E-state index is 10.3. The van der Waals surface area contributed by atoms with Gasteiger partial charge in [-0.2, -0.15) is 9.97 Å². The molecule has 0 atom stereocenters. The Morgan fingerprint density at radius 1 is 1.11 bits per heavy atom. The molecule has 0 unspecified atom stereocenters. The zero-order valence-corrected chi connectivity index (χ0v) is 15.9. The molecule has 8 heteroatoms. The highest BCUT2D eigenvalue weighted by atomic mass is 35.5. The van der Waals surface area contributed by atoms with Gasteiger partial charge in [-0.25, -0.2) is 4.98 Å². The SMILES string of the molecule is COc1cccc(CNc2nc(Cl)nc3c2ncn3Cc2ccccc2)c1O. The number of hydrogen-bond donors (Lipinski definition) is 2. The molecular formula is C20H18ClN5O2. The molecule has 2 N–H and O–H groups in total. The number of phenols is 1. The van der Waals surface area contributed by atoms with E-state index in [1.807, 2.05) is 41.0 Å². The number of nitrogens with one attached hydrogen (secondary N) is 1. The van der Waals surface area contributed by atoms with Crippen LogP contribution in [0, 0.1) is 0 Å². The van der Waals surface area contributed by atoms with Gasteiger partial charge in [0.2, 0.25) is 5.28 Å². The van der Waals surface area contributed by atoms with E-state index in [0.717, 1.165) is 5.56 Å². The lowest BCUT2D eigenvalue weighted by atomic mass is 10.2.